The first-order valence-corrected chi connectivity index (χ1v) is 6.51. The third kappa shape index (κ3) is 3.14. The maximum Gasteiger partial charge on any atom is 0.258 e. The summed E-state index contributed by atoms with van der Waals surface area (Å²) in [7, 11) is 0. The molecule has 102 valence electrons. The fourth-order valence-corrected chi connectivity index (χ4v) is 2.59. The van der Waals surface area contributed by atoms with E-state index in [4.69, 9.17) is 0 Å². The quantitative estimate of drug-likeness (QED) is 0.883. The Morgan fingerprint density at radius 3 is 2.74 bits per heavy atom. The molecule has 5 heteroatoms. The maximum absolute atomic E-state index is 11.9. The van der Waals surface area contributed by atoms with E-state index < -0.39 is 0 Å². The standard InChI is InChI=1S/C14H17N3O.ClH/c18-14-11-3-1-2-4-12(11)16-13(17-14)9-10-5-7-15-8-6-10;/h1-4,10,15H,5-9H2,(H,16,17,18);1H. The van der Waals surface area contributed by atoms with Crippen LogP contribution in [0.4, 0.5) is 0 Å². The molecule has 2 aromatic rings. The molecule has 2 N–H and O–H groups in total. The zero-order valence-corrected chi connectivity index (χ0v) is 11.5. The van der Waals surface area contributed by atoms with Crippen LogP contribution in [0.1, 0.15) is 18.7 Å². The predicted octanol–water partition coefficient (Wildman–Crippen LogP) is 1.89. The number of para-hydroxylation sites is 1. The van der Waals surface area contributed by atoms with Crippen LogP contribution in [0.2, 0.25) is 0 Å². The Labute approximate surface area is 118 Å². The number of nitrogens with one attached hydrogen (secondary N) is 2. The van der Waals surface area contributed by atoms with E-state index in [-0.39, 0.29) is 18.0 Å². The molecule has 0 aliphatic carbocycles. The summed E-state index contributed by atoms with van der Waals surface area (Å²) in [6.07, 6.45) is 3.20. The molecule has 1 aliphatic heterocycles. The maximum atomic E-state index is 11.9. The van der Waals surface area contributed by atoms with E-state index in [0.717, 1.165) is 43.7 Å². The average molecular weight is 280 g/mol. The third-order valence-corrected chi connectivity index (χ3v) is 3.60. The van der Waals surface area contributed by atoms with Gasteiger partial charge in [0.2, 0.25) is 0 Å². The number of piperidine rings is 1. The van der Waals surface area contributed by atoms with Gasteiger partial charge in [-0.3, -0.25) is 4.79 Å². The Hall–Kier alpha value is -1.39. The Balaban J connectivity index is 0.00000133. The summed E-state index contributed by atoms with van der Waals surface area (Å²) in [5.41, 5.74) is 0.773. The zero-order chi connectivity index (χ0) is 12.4. The molecule has 0 atom stereocenters. The molecule has 0 spiro atoms. The van der Waals surface area contributed by atoms with E-state index in [0.29, 0.717) is 11.3 Å². The minimum Gasteiger partial charge on any atom is -0.317 e. The Bertz CT molecular complexity index is 605. The average Bonchev–Trinajstić information content (AvgIpc) is 2.40. The minimum atomic E-state index is -0.0236. The fraction of sp³-hybridized carbons (Fsp3) is 0.429. The van der Waals surface area contributed by atoms with Crippen LogP contribution in [0.25, 0.3) is 10.9 Å². The molecular weight excluding hydrogens is 262 g/mol. The summed E-state index contributed by atoms with van der Waals surface area (Å²) < 4.78 is 0. The Morgan fingerprint density at radius 2 is 1.95 bits per heavy atom. The second-order valence-corrected chi connectivity index (χ2v) is 4.93. The summed E-state index contributed by atoms with van der Waals surface area (Å²) in [6, 6.07) is 7.50. The van der Waals surface area contributed by atoms with Crippen LogP contribution in [0, 0.1) is 5.92 Å². The Morgan fingerprint density at radius 1 is 1.21 bits per heavy atom. The molecule has 2 heterocycles. The second-order valence-electron chi connectivity index (χ2n) is 4.93. The lowest BCUT2D eigenvalue weighted by Crippen LogP contribution is -2.29. The highest BCUT2D eigenvalue weighted by atomic mass is 35.5. The summed E-state index contributed by atoms with van der Waals surface area (Å²) in [5.74, 6) is 1.46. The normalized spacial score (nSPS) is 16.2. The molecule has 0 saturated carbocycles. The third-order valence-electron chi connectivity index (χ3n) is 3.60. The van der Waals surface area contributed by atoms with Crippen molar-refractivity contribution >= 4 is 23.3 Å². The van der Waals surface area contributed by atoms with Crippen LogP contribution in [0.3, 0.4) is 0 Å². The van der Waals surface area contributed by atoms with Crippen molar-refractivity contribution in [3.63, 3.8) is 0 Å². The van der Waals surface area contributed by atoms with Gasteiger partial charge >= 0.3 is 0 Å². The lowest BCUT2D eigenvalue weighted by Gasteiger charge is -2.21. The summed E-state index contributed by atoms with van der Waals surface area (Å²) in [4.78, 5) is 19.4. The van der Waals surface area contributed by atoms with E-state index >= 15 is 0 Å². The van der Waals surface area contributed by atoms with Gasteiger partial charge in [0.05, 0.1) is 10.9 Å². The highest BCUT2D eigenvalue weighted by Crippen LogP contribution is 2.16. The van der Waals surface area contributed by atoms with Crippen molar-refractivity contribution in [2.45, 2.75) is 19.3 Å². The molecule has 0 bridgehead atoms. The summed E-state index contributed by atoms with van der Waals surface area (Å²) in [5, 5.41) is 4.02. The molecule has 19 heavy (non-hydrogen) atoms. The van der Waals surface area contributed by atoms with Crippen LogP contribution in [0.5, 0.6) is 0 Å². The summed E-state index contributed by atoms with van der Waals surface area (Å²) in [6.45, 7) is 2.14. The van der Waals surface area contributed by atoms with Crippen molar-refractivity contribution < 1.29 is 0 Å². The number of rotatable bonds is 2. The smallest absolute Gasteiger partial charge is 0.258 e. The zero-order valence-electron chi connectivity index (χ0n) is 10.7. The van der Waals surface area contributed by atoms with Gasteiger partial charge in [-0.2, -0.15) is 0 Å². The van der Waals surface area contributed by atoms with Crippen molar-refractivity contribution in [2.24, 2.45) is 5.92 Å². The highest BCUT2D eigenvalue weighted by molar-refractivity contribution is 5.85. The van der Waals surface area contributed by atoms with Gasteiger partial charge in [-0.05, 0) is 44.0 Å². The molecular formula is C14H18ClN3O. The van der Waals surface area contributed by atoms with Gasteiger partial charge in [0.1, 0.15) is 5.82 Å². The van der Waals surface area contributed by atoms with E-state index in [9.17, 15) is 4.79 Å². The van der Waals surface area contributed by atoms with Crippen molar-refractivity contribution in [1.29, 1.82) is 0 Å². The van der Waals surface area contributed by atoms with Crippen molar-refractivity contribution in [3.05, 3.63) is 40.4 Å². The van der Waals surface area contributed by atoms with Gasteiger partial charge in [-0.25, -0.2) is 4.98 Å². The van der Waals surface area contributed by atoms with Crippen molar-refractivity contribution in [1.82, 2.24) is 15.3 Å². The molecule has 1 saturated heterocycles. The number of aromatic nitrogens is 2. The Kier molecular flexibility index (Phi) is 4.56. The molecule has 1 aromatic heterocycles. The largest absolute Gasteiger partial charge is 0.317 e. The molecule has 1 aliphatic rings. The van der Waals surface area contributed by atoms with Crippen molar-refractivity contribution in [2.75, 3.05) is 13.1 Å². The van der Waals surface area contributed by atoms with Gasteiger partial charge in [0.15, 0.2) is 0 Å². The monoisotopic (exact) mass is 279 g/mol. The van der Waals surface area contributed by atoms with E-state index in [1.807, 2.05) is 24.3 Å². The first kappa shape index (κ1) is 14.0. The van der Waals surface area contributed by atoms with E-state index in [2.05, 4.69) is 15.3 Å². The molecule has 3 rings (SSSR count). The topological polar surface area (TPSA) is 57.8 Å². The van der Waals surface area contributed by atoms with Gasteiger partial charge in [0.25, 0.3) is 5.56 Å². The van der Waals surface area contributed by atoms with Gasteiger partial charge in [-0.1, -0.05) is 12.1 Å². The fourth-order valence-electron chi connectivity index (χ4n) is 2.59. The van der Waals surface area contributed by atoms with Crippen LogP contribution < -0.4 is 10.9 Å². The van der Waals surface area contributed by atoms with Crippen LogP contribution >= 0.6 is 12.4 Å². The van der Waals surface area contributed by atoms with Gasteiger partial charge in [0, 0.05) is 6.42 Å². The predicted molar refractivity (Wildman–Crippen MR) is 78.9 cm³/mol. The first-order valence-electron chi connectivity index (χ1n) is 6.51. The highest BCUT2D eigenvalue weighted by Gasteiger charge is 2.15. The minimum absolute atomic E-state index is 0. The molecule has 4 nitrogen and oxygen atoms in total. The number of nitrogens with zero attached hydrogens (tertiary/aromatic N) is 1. The lowest BCUT2D eigenvalue weighted by molar-refractivity contribution is 0.367. The molecule has 0 amide bonds. The van der Waals surface area contributed by atoms with E-state index in [1.54, 1.807) is 0 Å². The number of aromatic amines is 1. The molecule has 1 aromatic carbocycles. The SMILES string of the molecule is Cl.O=c1[nH]c(CC2CCNCC2)nc2ccccc12. The van der Waals surface area contributed by atoms with Crippen molar-refractivity contribution in [3.8, 4) is 0 Å². The number of hydrogen-bond acceptors (Lipinski definition) is 3. The van der Waals surface area contributed by atoms with Gasteiger partial charge in [-0.15, -0.1) is 12.4 Å². The first-order chi connectivity index (χ1) is 8.83. The number of benzene rings is 1. The number of fused-ring (bicyclic) bond motifs is 1. The number of halogens is 1. The van der Waals surface area contributed by atoms with Crippen LogP contribution in [-0.2, 0) is 6.42 Å². The van der Waals surface area contributed by atoms with Gasteiger partial charge < -0.3 is 10.3 Å². The lowest BCUT2D eigenvalue weighted by atomic mass is 9.94. The van der Waals surface area contributed by atoms with E-state index in [1.165, 1.54) is 0 Å². The molecule has 0 unspecified atom stereocenters. The van der Waals surface area contributed by atoms with Crippen LogP contribution in [-0.4, -0.2) is 23.1 Å². The second kappa shape index (κ2) is 6.17. The molecule has 0 radical (unpaired) electrons. The van der Waals surface area contributed by atoms with Crippen LogP contribution in [0.15, 0.2) is 29.1 Å². The molecule has 1 fully saturated rings. The summed E-state index contributed by atoms with van der Waals surface area (Å²) >= 11 is 0. The number of hydrogen-bond donors (Lipinski definition) is 2. The number of H-pyrrole nitrogens is 1.